The number of hydrogen-bond donors (Lipinski definition) is 1. The van der Waals surface area contributed by atoms with Crippen LogP contribution in [-0.2, 0) is 11.3 Å². The minimum atomic E-state index is -0.496. The predicted molar refractivity (Wildman–Crippen MR) is 132 cm³/mol. The molecule has 0 bridgehead atoms. The van der Waals surface area contributed by atoms with Gasteiger partial charge in [-0.3, -0.25) is 14.4 Å². The Kier molecular flexibility index (Phi) is 6.47. The zero-order valence-corrected chi connectivity index (χ0v) is 19.6. The van der Waals surface area contributed by atoms with Crippen LogP contribution >= 0.6 is 11.6 Å². The molecule has 0 atom stereocenters. The van der Waals surface area contributed by atoms with Gasteiger partial charge in [-0.1, -0.05) is 29.8 Å². The molecular formula is C26H22ClN3O4. The van der Waals surface area contributed by atoms with Gasteiger partial charge in [0.1, 0.15) is 17.9 Å². The summed E-state index contributed by atoms with van der Waals surface area (Å²) < 4.78 is 6.81. The molecule has 0 saturated heterocycles. The third-order valence-electron chi connectivity index (χ3n) is 5.44. The third-order valence-corrected chi connectivity index (χ3v) is 5.68. The molecule has 172 valence electrons. The monoisotopic (exact) mass is 475 g/mol. The first kappa shape index (κ1) is 23.2. The van der Waals surface area contributed by atoms with Crippen LogP contribution in [0.3, 0.4) is 0 Å². The fourth-order valence-electron chi connectivity index (χ4n) is 3.69. The van der Waals surface area contributed by atoms with Crippen molar-refractivity contribution >= 4 is 40.0 Å². The number of halogens is 1. The summed E-state index contributed by atoms with van der Waals surface area (Å²) in [5.41, 5.74) is 2.15. The summed E-state index contributed by atoms with van der Waals surface area (Å²) in [7, 11) is 1.46. The van der Waals surface area contributed by atoms with E-state index in [0.29, 0.717) is 27.8 Å². The van der Waals surface area contributed by atoms with E-state index in [4.69, 9.17) is 16.3 Å². The highest BCUT2D eigenvalue weighted by Crippen LogP contribution is 2.22. The van der Waals surface area contributed by atoms with Gasteiger partial charge in [0, 0.05) is 22.6 Å². The van der Waals surface area contributed by atoms with Gasteiger partial charge < -0.3 is 14.6 Å². The molecule has 4 rings (SSSR count). The first-order chi connectivity index (χ1) is 16.3. The lowest BCUT2D eigenvalue weighted by Gasteiger charge is -2.14. The Hall–Kier alpha value is -3.97. The van der Waals surface area contributed by atoms with Crippen LogP contribution in [0.4, 0.5) is 5.69 Å². The van der Waals surface area contributed by atoms with E-state index in [-0.39, 0.29) is 29.0 Å². The fourth-order valence-corrected chi connectivity index (χ4v) is 3.86. The number of pyridine rings is 2. The maximum absolute atomic E-state index is 13.3. The number of nitrogens with zero attached hydrogens (tertiary/aromatic N) is 2. The van der Waals surface area contributed by atoms with Crippen LogP contribution in [0.25, 0.3) is 11.0 Å². The quantitative estimate of drug-likeness (QED) is 0.413. The van der Waals surface area contributed by atoms with Crippen molar-refractivity contribution < 1.29 is 14.3 Å². The molecule has 2 aromatic carbocycles. The molecule has 2 aromatic heterocycles. The fraction of sp³-hybridized carbons (Fsp3) is 0.154. The number of amides is 1. The van der Waals surface area contributed by atoms with E-state index in [1.807, 2.05) is 13.0 Å². The summed E-state index contributed by atoms with van der Waals surface area (Å²) in [5.74, 6) is -0.492. The van der Waals surface area contributed by atoms with Gasteiger partial charge in [-0.05, 0) is 55.8 Å². The van der Waals surface area contributed by atoms with Crippen molar-refractivity contribution in [1.29, 1.82) is 0 Å². The summed E-state index contributed by atoms with van der Waals surface area (Å²) >= 11 is 6.06. The van der Waals surface area contributed by atoms with Crippen LogP contribution in [0.1, 0.15) is 27.2 Å². The largest absolute Gasteiger partial charge is 0.496 e. The lowest BCUT2D eigenvalue weighted by atomic mass is 10.0. The number of ketones is 1. The average molecular weight is 476 g/mol. The molecule has 0 unspecified atom stereocenters. The van der Waals surface area contributed by atoms with Crippen LogP contribution in [-0.4, -0.2) is 28.4 Å². The van der Waals surface area contributed by atoms with Crippen molar-refractivity contribution in [1.82, 2.24) is 9.55 Å². The normalized spacial score (nSPS) is 10.8. The smallest absolute Gasteiger partial charge is 0.244 e. The number of anilines is 1. The number of para-hydroxylation sites is 1. The Balaban J connectivity index is 1.79. The number of rotatable bonds is 6. The van der Waals surface area contributed by atoms with E-state index < -0.39 is 11.2 Å². The molecule has 2 heterocycles. The van der Waals surface area contributed by atoms with Gasteiger partial charge in [-0.2, -0.15) is 0 Å². The van der Waals surface area contributed by atoms with Crippen LogP contribution in [0, 0.1) is 13.8 Å². The van der Waals surface area contributed by atoms with E-state index >= 15 is 0 Å². The zero-order chi connectivity index (χ0) is 24.4. The second-order valence-corrected chi connectivity index (χ2v) is 8.30. The van der Waals surface area contributed by atoms with E-state index in [1.165, 1.54) is 17.9 Å². The Morgan fingerprint density at radius 2 is 1.82 bits per heavy atom. The summed E-state index contributed by atoms with van der Waals surface area (Å²) in [6.07, 6.45) is 1.39. The molecule has 0 aliphatic carbocycles. The van der Waals surface area contributed by atoms with Gasteiger partial charge in [0.15, 0.2) is 0 Å². The molecular weight excluding hydrogens is 454 g/mol. The van der Waals surface area contributed by atoms with Crippen LogP contribution in [0.2, 0.25) is 5.02 Å². The molecule has 8 heteroatoms. The Bertz CT molecular complexity index is 1490. The molecule has 4 aromatic rings. The van der Waals surface area contributed by atoms with Crippen molar-refractivity contribution in [3.05, 3.63) is 98.4 Å². The molecule has 1 amide bonds. The number of aryl methyl sites for hydroxylation is 2. The summed E-state index contributed by atoms with van der Waals surface area (Å²) in [6, 6.07) is 15.2. The van der Waals surface area contributed by atoms with Crippen molar-refractivity contribution in [2.75, 3.05) is 12.4 Å². The topological polar surface area (TPSA) is 90.3 Å². The average Bonchev–Trinajstić information content (AvgIpc) is 2.82. The molecule has 0 aliphatic rings. The molecule has 0 saturated carbocycles. The highest BCUT2D eigenvalue weighted by atomic mass is 35.5. The number of nitrogens with one attached hydrogen (secondary N) is 1. The Labute approximate surface area is 201 Å². The third kappa shape index (κ3) is 4.56. The van der Waals surface area contributed by atoms with Crippen molar-refractivity contribution in [2.24, 2.45) is 0 Å². The standard InChI is InChI=1S/C26H22ClN3O4/c1-15-8-10-17(27)12-21(15)29-23(31)14-30-13-20(24(32)18-6-4-5-7-22(18)34-3)25(33)19-11-9-16(2)28-26(19)30/h4-13H,14H2,1-3H3,(H,29,31). The van der Waals surface area contributed by atoms with Crippen LogP contribution in [0.5, 0.6) is 5.75 Å². The molecule has 0 radical (unpaired) electrons. The highest BCUT2D eigenvalue weighted by Gasteiger charge is 2.21. The van der Waals surface area contributed by atoms with Gasteiger partial charge in [0.25, 0.3) is 0 Å². The number of fused-ring (bicyclic) bond motifs is 1. The van der Waals surface area contributed by atoms with Gasteiger partial charge in [-0.25, -0.2) is 4.98 Å². The van der Waals surface area contributed by atoms with Crippen LogP contribution < -0.4 is 15.5 Å². The van der Waals surface area contributed by atoms with E-state index in [0.717, 1.165) is 5.56 Å². The Morgan fingerprint density at radius 3 is 2.59 bits per heavy atom. The predicted octanol–water partition coefficient (Wildman–Crippen LogP) is 4.55. The second-order valence-electron chi connectivity index (χ2n) is 7.86. The number of ether oxygens (including phenoxy) is 1. The molecule has 34 heavy (non-hydrogen) atoms. The van der Waals surface area contributed by atoms with Crippen molar-refractivity contribution in [3.63, 3.8) is 0 Å². The number of carbonyl (C=O) groups excluding carboxylic acids is 2. The zero-order valence-electron chi connectivity index (χ0n) is 18.9. The molecule has 0 fully saturated rings. The molecule has 7 nitrogen and oxygen atoms in total. The van der Waals surface area contributed by atoms with Crippen LogP contribution in [0.15, 0.2) is 65.6 Å². The summed E-state index contributed by atoms with van der Waals surface area (Å²) in [5, 5.41) is 3.58. The number of benzene rings is 2. The number of carbonyl (C=O) groups is 2. The number of hydrogen-bond acceptors (Lipinski definition) is 5. The first-order valence-electron chi connectivity index (χ1n) is 10.5. The van der Waals surface area contributed by atoms with Gasteiger partial charge >= 0.3 is 0 Å². The minimum Gasteiger partial charge on any atom is -0.496 e. The van der Waals surface area contributed by atoms with E-state index in [9.17, 15) is 14.4 Å². The number of aromatic nitrogens is 2. The summed E-state index contributed by atoms with van der Waals surface area (Å²) in [4.78, 5) is 44.0. The molecule has 1 N–H and O–H groups in total. The maximum Gasteiger partial charge on any atom is 0.244 e. The SMILES string of the molecule is COc1ccccc1C(=O)c1cn(CC(=O)Nc2cc(Cl)ccc2C)c2nc(C)ccc2c1=O. The maximum atomic E-state index is 13.3. The molecule has 0 spiro atoms. The number of methoxy groups -OCH3 is 1. The highest BCUT2D eigenvalue weighted by molar-refractivity contribution is 6.31. The van der Waals surface area contributed by atoms with E-state index in [2.05, 4.69) is 10.3 Å². The first-order valence-corrected chi connectivity index (χ1v) is 10.9. The lowest BCUT2D eigenvalue weighted by molar-refractivity contribution is -0.116. The van der Waals surface area contributed by atoms with Gasteiger partial charge in [-0.15, -0.1) is 0 Å². The van der Waals surface area contributed by atoms with Crippen molar-refractivity contribution in [3.8, 4) is 5.75 Å². The molecule has 0 aliphatic heterocycles. The van der Waals surface area contributed by atoms with E-state index in [1.54, 1.807) is 55.5 Å². The van der Waals surface area contributed by atoms with Gasteiger partial charge in [0.2, 0.25) is 17.1 Å². The lowest BCUT2D eigenvalue weighted by Crippen LogP contribution is -2.25. The second kappa shape index (κ2) is 9.49. The van der Waals surface area contributed by atoms with Gasteiger partial charge in [0.05, 0.1) is 23.6 Å². The van der Waals surface area contributed by atoms with Crippen molar-refractivity contribution in [2.45, 2.75) is 20.4 Å². The minimum absolute atomic E-state index is 0.0746. The summed E-state index contributed by atoms with van der Waals surface area (Å²) in [6.45, 7) is 3.48. The Morgan fingerprint density at radius 1 is 1.06 bits per heavy atom.